The van der Waals surface area contributed by atoms with Gasteiger partial charge in [0.2, 0.25) is 11.8 Å². The van der Waals surface area contributed by atoms with Gasteiger partial charge in [0.15, 0.2) is 23.3 Å². The maximum atomic E-state index is 14.0. The summed E-state index contributed by atoms with van der Waals surface area (Å²) in [7, 11) is 0. The molecule has 1 aromatic carbocycles. The van der Waals surface area contributed by atoms with Gasteiger partial charge in [-0.3, -0.25) is 25.2 Å². The van der Waals surface area contributed by atoms with Gasteiger partial charge >= 0.3 is 0 Å². The minimum Gasteiger partial charge on any atom is -0.273 e. The van der Waals surface area contributed by atoms with Crippen LogP contribution in [0, 0.1) is 29.2 Å². The van der Waals surface area contributed by atoms with E-state index in [0.717, 1.165) is 19.3 Å². The summed E-state index contributed by atoms with van der Waals surface area (Å²) in [4.78, 5) is 36.3. The van der Waals surface area contributed by atoms with E-state index in [1.807, 2.05) is 0 Å². The van der Waals surface area contributed by atoms with Gasteiger partial charge in [0, 0.05) is 24.8 Å². The van der Waals surface area contributed by atoms with Crippen LogP contribution in [-0.2, 0) is 14.4 Å². The van der Waals surface area contributed by atoms with Gasteiger partial charge in [-0.05, 0) is 12.8 Å². The third kappa shape index (κ3) is 4.38. The fraction of sp³-hybridized carbons (Fsp3) is 0.444. The average Bonchev–Trinajstić information content (AvgIpc) is 2.72. The fourth-order valence-electron chi connectivity index (χ4n) is 3.30. The highest BCUT2D eigenvalue weighted by Gasteiger charge is 2.32. The summed E-state index contributed by atoms with van der Waals surface area (Å²) in [6, 6.07) is 0.000711. The van der Waals surface area contributed by atoms with Gasteiger partial charge in [-0.25, -0.2) is 17.6 Å². The lowest BCUT2D eigenvalue weighted by Gasteiger charge is -2.24. The zero-order valence-electron chi connectivity index (χ0n) is 15.2. The summed E-state index contributed by atoms with van der Waals surface area (Å²) in [6.45, 7) is 0. The molecule has 1 heterocycles. The third-order valence-corrected chi connectivity index (χ3v) is 4.87. The molecule has 0 atom stereocenters. The molecule has 0 aromatic heterocycles. The second-order valence-corrected chi connectivity index (χ2v) is 6.85. The highest BCUT2D eigenvalue weighted by Crippen LogP contribution is 2.30. The van der Waals surface area contributed by atoms with Crippen molar-refractivity contribution in [1.29, 1.82) is 0 Å². The standard InChI is InChI=1S/C18H18F4N4O3/c19-10-8-11(20)15(22)16(14(10)21)26-13(27)7-6-12(25-26)18(29)24-23-17(28)9-4-2-1-3-5-9/h8-9H,1-7H2,(H,23,28)(H,24,29). The van der Waals surface area contributed by atoms with Gasteiger partial charge in [-0.1, -0.05) is 19.3 Å². The monoisotopic (exact) mass is 414 g/mol. The van der Waals surface area contributed by atoms with Gasteiger partial charge in [0.25, 0.3) is 5.91 Å². The van der Waals surface area contributed by atoms with Crippen molar-refractivity contribution in [2.75, 3.05) is 5.01 Å². The Bertz CT molecular complexity index is 858. The normalized spacial score (nSPS) is 17.7. The van der Waals surface area contributed by atoms with Crippen molar-refractivity contribution < 1.29 is 31.9 Å². The number of rotatable bonds is 3. The van der Waals surface area contributed by atoms with Crippen LogP contribution in [0.5, 0.6) is 0 Å². The summed E-state index contributed by atoms with van der Waals surface area (Å²) in [5.74, 6) is -9.49. The van der Waals surface area contributed by atoms with Gasteiger partial charge in [0.1, 0.15) is 11.4 Å². The minimum absolute atomic E-state index is 0.000711. The van der Waals surface area contributed by atoms with Crippen LogP contribution in [0.4, 0.5) is 23.2 Å². The minimum atomic E-state index is -1.81. The smallest absolute Gasteiger partial charge is 0.273 e. The summed E-state index contributed by atoms with van der Waals surface area (Å²) in [5.41, 5.74) is 2.73. The maximum absolute atomic E-state index is 14.0. The zero-order valence-corrected chi connectivity index (χ0v) is 15.2. The molecule has 0 bridgehead atoms. The number of nitrogens with zero attached hydrogens (tertiary/aromatic N) is 2. The molecule has 1 aliphatic carbocycles. The van der Waals surface area contributed by atoms with Crippen molar-refractivity contribution in [2.45, 2.75) is 44.9 Å². The molecule has 3 rings (SSSR count). The van der Waals surface area contributed by atoms with Crippen LogP contribution < -0.4 is 15.9 Å². The van der Waals surface area contributed by atoms with Crippen LogP contribution in [0.15, 0.2) is 11.2 Å². The van der Waals surface area contributed by atoms with E-state index >= 15 is 0 Å². The maximum Gasteiger partial charge on any atom is 0.285 e. The van der Waals surface area contributed by atoms with Crippen LogP contribution >= 0.6 is 0 Å². The first-order chi connectivity index (χ1) is 13.8. The van der Waals surface area contributed by atoms with Gasteiger partial charge in [0.05, 0.1) is 0 Å². The van der Waals surface area contributed by atoms with E-state index in [2.05, 4.69) is 16.0 Å². The first kappa shape index (κ1) is 20.7. The molecule has 1 fully saturated rings. The molecule has 2 N–H and O–H groups in total. The van der Waals surface area contributed by atoms with E-state index in [1.54, 1.807) is 0 Å². The van der Waals surface area contributed by atoms with E-state index < -0.39 is 40.8 Å². The van der Waals surface area contributed by atoms with Crippen LogP contribution in [-0.4, -0.2) is 23.4 Å². The second-order valence-electron chi connectivity index (χ2n) is 6.85. The molecule has 3 amide bonds. The summed E-state index contributed by atoms with van der Waals surface area (Å²) < 4.78 is 54.9. The van der Waals surface area contributed by atoms with E-state index in [9.17, 15) is 31.9 Å². The Hall–Kier alpha value is -2.98. The molecular weight excluding hydrogens is 396 g/mol. The Morgan fingerprint density at radius 2 is 1.59 bits per heavy atom. The highest BCUT2D eigenvalue weighted by atomic mass is 19.2. The number of carbonyl (C=O) groups excluding carboxylic acids is 3. The van der Waals surface area contributed by atoms with Crippen molar-refractivity contribution in [3.05, 3.63) is 29.3 Å². The largest absolute Gasteiger partial charge is 0.285 e. The number of carbonyl (C=O) groups is 3. The van der Waals surface area contributed by atoms with Crippen molar-refractivity contribution in [3.8, 4) is 0 Å². The number of amides is 3. The summed E-state index contributed by atoms with van der Waals surface area (Å²) in [6.07, 6.45) is 3.73. The number of hydrogen-bond donors (Lipinski definition) is 2. The summed E-state index contributed by atoms with van der Waals surface area (Å²) >= 11 is 0. The van der Waals surface area contributed by atoms with Gasteiger partial charge < -0.3 is 0 Å². The number of hydrogen-bond acceptors (Lipinski definition) is 4. The van der Waals surface area contributed by atoms with Crippen LogP contribution in [0.1, 0.15) is 44.9 Å². The van der Waals surface area contributed by atoms with Crippen LogP contribution in [0.2, 0.25) is 0 Å². The predicted molar refractivity (Wildman–Crippen MR) is 93.3 cm³/mol. The third-order valence-electron chi connectivity index (χ3n) is 4.87. The summed E-state index contributed by atoms with van der Waals surface area (Å²) in [5, 5.41) is 3.67. The Morgan fingerprint density at radius 1 is 0.966 bits per heavy atom. The molecule has 2 aliphatic rings. The van der Waals surface area contributed by atoms with E-state index in [0.29, 0.717) is 12.8 Å². The Morgan fingerprint density at radius 3 is 2.21 bits per heavy atom. The molecular formula is C18H18F4N4O3. The van der Waals surface area contributed by atoms with Crippen LogP contribution in [0.3, 0.4) is 0 Å². The zero-order chi connectivity index (χ0) is 21.1. The Labute approximate surface area is 163 Å². The first-order valence-electron chi connectivity index (χ1n) is 9.13. The lowest BCUT2D eigenvalue weighted by Crippen LogP contribution is -2.49. The molecule has 29 heavy (non-hydrogen) atoms. The molecule has 1 aliphatic heterocycles. The van der Waals surface area contributed by atoms with Crippen LogP contribution in [0.25, 0.3) is 0 Å². The van der Waals surface area contributed by atoms with Crippen molar-refractivity contribution in [2.24, 2.45) is 11.0 Å². The topological polar surface area (TPSA) is 90.9 Å². The highest BCUT2D eigenvalue weighted by molar-refractivity contribution is 6.40. The Kier molecular flexibility index (Phi) is 6.14. The van der Waals surface area contributed by atoms with Gasteiger partial charge in [-0.15, -0.1) is 0 Å². The molecule has 11 heteroatoms. The number of nitrogens with one attached hydrogen (secondary N) is 2. The molecule has 7 nitrogen and oxygen atoms in total. The lowest BCUT2D eigenvalue weighted by atomic mass is 9.89. The number of benzene rings is 1. The molecule has 0 saturated heterocycles. The number of hydrazine groups is 1. The van der Waals surface area contributed by atoms with Crippen molar-refractivity contribution in [1.82, 2.24) is 10.9 Å². The molecule has 0 unspecified atom stereocenters. The first-order valence-corrected chi connectivity index (χ1v) is 9.13. The number of halogens is 4. The SMILES string of the molecule is O=C(NNC(=O)C1CCCCC1)C1=NN(c2c(F)c(F)cc(F)c2F)C(=O)CC1. The second kappa shape index (κ2) is 8.58. The van der Waals surface area contributed by atoms with E-state index in [-0.39, 0.29) is 41.5 Å². The molecule has 1 saturated carbocycles. The Balaban J connectivity index is 1.76. The predicted octanol–water partition coefficient (Wildman–Crippen LogP) is 2.45. The molecule has 0 radical (unpaired) electrons. The molecule has 156 valence electrons. The average molecular weight is 414 g/mol. The molecule has 0 spiro atoms. The van der Waals surface area contributed by atoms with E-state index in [1.165, 1.54) is 0 Å². The molecule has 1 aromatic rings. The fourth-order valence-corrected chi connectivity index (χ4v) is 3.30. The van der Waals surface area contributed by atoms with Gasteiger partial charge in [-0.2, -0.15) is 10.1 Å². The van der Waals surface area contributed by atoms with Crippen molar-refractivity contribution >= 4 is 29.1 Å². The quantitative estimate of drug-likeness (QED) is 0.452. The number of anilines is 1. The van der Waals surface area contributed by atoms with E-state index in [4.69, 9.17) is 0 Å². The lowest BCUT2D eigenvalue weighted by molar-refractivity contribution is -0.130. The number of hydrazone groups is 1. The van der Waals surface area contributed by atoms with Crippen molar-refractivity contribution in [3.63, 3.8) is 0 Å².